The molecule has 68 heavy (non-hydrogen) atoms. The van der Waals surface area contributed by atoms with Crippen LogP contribution in [-0.4, -0.2) is 65.4 Å². The fourth-order valence-corrected chi connectivity index (χ4v) is 6.41. The van der Waals surface area contributed by atoms with E-state index in [9.17, 15) is 20.1 Å². The van der Waals surface area contributed by atoms with Gasteiger partial charge in [0, 0.05) is 10.8 Å². The van der Waals surface area contributed by atoms with E-state index in [-0.39, 0.29) is 37.9 Å². The van der Waals surface area contributed by atoms with Crippen LogP contribution in [0.5, 0.6) is 0 Å². The van der Waals surface area contributed by atoms with E-state index >= 15 is 0 Å². The third-order valence-electron chi connectivity index (χ3n) is 10.3. The lowest BCUT2D eigenvalue weighted by atomic mass is 9.95. The molecule has 0 spiro atoms. The van der Waals surface area contributed by atoms with Crippen molar-refractivity contribution in [1.29, 1.82) is 10.5 Å². The van der Waals surface area contributed by atoms with Crippen molar-refractivity contribution in [2.75, 3.05) is 13.2 Å². The first-order chi connectivity index (χ1) is 32.8. The zero-order valence-corrected chi connectivity index (χ0v) is 39.5. The Bertz CT molecular complexity index is 2410. The van der Waals surface area contributed by atoms with E-state index in [1.165, 1.54) is 0 Å². The van der Waals surface area contributed by atoms with Gasteiger partial charge in [-0.2, -0.15) is 10.5 Å². The van der Waals surface area contributed by atoms with Crippen molar-refractivity contribution in [1.82, 2.24) is 51.0 Å². The van der Waals surface area contributed by atoms with Crippen LogP contribution in [0.1, 0.15) is 112 Å². The highest BCUT2D eigenvalue weighted by molar-refractivity contribution is 5.82. The normalized spacial score (nSPS) is 13.4. The van der Waals surface area contributed by atoms with Crippen molar-refractivity contribution in [2.45, 2.75) is 91.8 Å². The quantitative estimate of drug-likeness (QED) is 0.0738. The molecule has 4 atom stereocenters. The maximum Gasteiger partial charge on any atom is 0.226 e. The van der Waals surface area contributed by atoms with Crippen LogP contribution < -0.4 is 10.6 Å². The van der Waals surface area contributed by atoms with E-state index in [1.54, 1.807) is 9.36 Å². The summed E-state index contributed by atoms with van der Waals surface area (Å²) in [5, 5.41) is 49.3. The summed E-state index contributed by atoms with van der Waals surface area (Å²) >= 11 is 0. The second kappa shape index (κ2) is 25.9. The molecule has 0 aliphatic rings. The number of aromatic nitrogens is 8. The zero-order chi connectivity index (χ0) is 48.8. The minimum atomic E-state index is -0.602. The highest BCUT2D eigenvalue weighted by Crippen LogP contribution is 2.24. The average molecular weight is 917 g/mol. The summed E-state index contributed by atoms with van der Waals surface area (Å²) in [5.74, 6) is 0.575. The topological polar surface area (TPSA) is 211 Å². The van der Waals surface area contributed by atoms with E-state index in [4.69, 9.17) is 9.47 Å². The van der Waals surface area contributed by atoms with Crippen LogP contribution in [0.15, 0.2) is 133 Å². The van der Waals surface area contributed by atoms with Crippen molar-refractivity contribution in [2.24, 2.45) is 10.8 Å². The maximum atomic E-state index is 12.8. The second-order valence-electron chi connectivity index (χ2n) is 17.9. The van der Waals surface area contributed by atoms with Gasteiger partial charge in [0.2, 0.25) is 11.8 Å². The Morgan fingerprint density at radius 2 is 0.912 bits per heavy atom. The van der Waals surface area contributed by atoms with Gasteiger partial charge in [-0.3, -0.25) is 9.59 Å². The van der Waals surface area contributed by atoms with E-state index in [2.05, 4.69) is 53.8 Å². The van der Waals surface area contributed by atoms with Gasteiger partial charge in [-0.05, 0) is 43.1 Å². The Morgan fingerprint density at radius 3 is 1.24 bits per heavy atom. The summed E-state index contributed by atoms with van der Waals surface area (Å²) in [4.78, 5) is 25.6. The molecule has 2 heterocycles. The molecule has 0 saturated carbocycles. The van der Waals surface area contributed by atoms with Gasteiger partial charge in [-0.1, -0.05) is 187 Å². The van der Waals surface area contributed by atoms with Crippen molar-refractivity contribution in [3.8, 4) is 12.1 Å². The van der Waals surface area contributed by atoms with Gasteiger partial charge in [0.1, 0.15) is 12.1 Å². The Morgan fingerprint density at radius 1 is 0.574 bits per heavy atom. The summed E-state index contributed by atoms with van der Waals surface area (Å²) in [5.41, 5.74) is 2.85. The molecule has 4 aromatic carbocycles. The molecule has 0 aliphatic carbocycles. The SMILES string of the molecule is CC(C)(C)C(=O)N[C@H](COCc1ccccc1)c1nnnn1C(/C=C/c1ccccc1)CC#N.CC(C)(C)C(=O)N[C@H](COCc1ccccc1)c1nnnn1C(/C=C/c1ccccc1)CC#N. The molecule has 0 bridgehead atoms. The van der Waals surface area contributed by atoms with Crippen LogP contribution in [0, 0.1) is 33.5 Å². The Hall–Kier alpha value is -7.66. The first-order valence-electron chi connectivity index (χ1n) is 22.4. The van der Waals surface area contributed by atoms with E-state index in [1.807, 2.05) is 187 Å². The molecule has 0 radical (unpaired) electrons. The Balaban J connectivity index is 0.000000254. The number of amides is 2. The number of hydrogen-bond acceptors (Lipinski definition) is 12. The predicted molar refractivity (Wildman–Crippen MR) is 258 cm³/mol. The summed E-state index contributed by atoms with van der Waals surface area (Å²) in [6, 6.07) is 41.6. The maximum absolute atomic E-state index is 12.8. The van der Waals surface area contributed by atoms with Gasteiger partial charge < -0.3 is 20.1 Å². The molecule has 0 aliphatic heterocycles. The van der Waals surface area contributed by atoms with Crippen molar-refractivity contribution < 1.29 is 19.1 Å². The van der Waals surface area contributed by atoms with Gasteiger partial charge in [0.15, 0.2) is 11.6 Å². The van der Waals surface area contributed by atoms with Gasteiger partial charge in [0.05, 0.1) is 63.5 Å². The van der Waals surface area contributed by atoms with Crippen LogP contribution in [0.25, 0.3) is 12.2 Å². The number of carbonyl (C=O) groups is 2. The first kappa shape index (κ1) is 51.3. The molecule has 6 rings (SSSR count). The van der Waals surface area contributed by atoms with E-state index in [0.29, 0.717) is 24.9 Å². The molecule has 16 nitrogen and oxygen atoms in total. The lowest BCUT2D eigenvalue weighted by Crippen LogP contribution is -2.40. The van der Waals surface area contributed by atoms with Gasteiger partial charge in [-0.25, -0.2) is 9.36 Å². The van der Waals surface area contributed by atoms with Gasteiger partial charge >= 0.3 is 0 Å². The Labute approximate surface area is 398 Å². The third kappa shape index (κ3) is 16.3. The lowest BCUT2D eigenvalue weighted by molar-refractivity contribution is -0.130. The summed E-state index contributed by atoms with van der Waals surface area (Å²) in [6.45, 7) is 12.2. The molecule has 0 saturated heterocycles. The minimum Gasteiger partial charge on any atom is -0.374 e. The zero-order valence-electron chi connectivity index (χ0n) is 39.5. The van der Waals surface area contributed by atoms with Gasteiger partial charge in [0.25, 0.3) is 0 Å². The summed E-state index contributed by atoms with van der Waals surface area (Å²) in [6.07, 6.45) is 8.00. The number of ether oxygens (including phenoxy) is 2. The van der Waals surface area contributed by atoms with E-state index < -0.39 is 35.0 Å². The van der Waals surface area contributed by atoms with Crippen LogP contribution >= 0.6 is 0 Å². The number of benzene rings is 4. The number of nitrogens with zero attached hydrogens (tertiary/aromatic N) is 10. The number of tetrazole rings is 2. The van der Waals surface area contributed by atoms with Crippen LogP contribution in [0.3, 0.4) is 0 Å². The molecule has 0 fully saturated rings. The third-order valence-corrected chi connectivity index (χ3v) is 10.3. The molecular weight excluding hydrogens is 857 g/mol. The van der Waals surface area contributed by atoms with Crippen molar-refractivity contribution in [3.05, 3.63) is 167 Å². The highest BCUT2D eigenvalue weighted by atomic mass is 16.5. The fourth-order valence-electron chi connectivity index (χ4n) is 6.41. The second-order valence-corrected chi connectivity index (χ2v) is 17.9. The smallest absolute Gasteiger partial charge is 0.226 e. The monoisotopic (exact) mass is 916 g/mol. The number of nitriles is 2. The van der Waals surface area contributed by atoms with Crippen LogP contribution in [0.2, 0.25) is 0 Å². The molecule has 6 aromatic rings. The average Bonchev–Trinajstić information content (AvgIpc) is 4.03. The van der Waals surface area contributed by atoms with Gasteiger partial charge in [-0.15, -0.1) is 10.2 Å². The van der Waals surface area contributed by atoms with Crippen molar-refractivity contribution in [3.63, 3.8) is 0 Å². The number of allylic oxidation sites excluding steroid dienone is 2. The fraction of sp³-hybridized carbons (Fsp3) is 0.346. The lowest BCUT2D eigenvalue weighted by Gasteiger charge is -2.24. The first-order valence-corrected chi connectivity index (χ1v) is 22.4. The molecule has 2 unspecified atom stereocenters. The predicted octanol–water partition coefficient (Wildman–Crippen LogP) is 8.52. The number of hydrogen-bond donors (Lipinski definition) is 2. The van der Waals surface area contributed by atoms with E-state index in [0.717, 1.165) is 22.3 Å². The highest BCUT2D eigenvalue weighted by Gasteiger charge is 2.31. The molecule has 352 valence electrons. The summed E-state index contributed by atoms with van der Waals surface area (Å²) in [7, 11) is 0. The molecule has 16 heteroatoms. The molecular formula is C52H60N12O4. The Kier molecular flexibility index (Phi) is 19.5. The minimum absolute atomic E-state index is 0.146. The largest absolute Gasteiger partial charge is 0.374 e. The number of nitrogens with one attached hydrogen (secondary N) is 2. The summed E-state index contributed by atoms with van der Waals surface area (Å²) < 4.78 is 15.0. The van der Waals surface area contributed by atoms with Crippen LogP contribution in [-0.2, 0) is 32.3 Å². The van der Waals surface area contributed by atoms with Crippen LogP contribution in [0.4, 0.5) is 0 Å². The standard InChI is InChI=1S/2C26H30N6O2/c2*1-26(2,3)25(33)28-23(19-34-18-21-12-8-5-9-13-21)24-29-30-31-32(24)22(16-17-27)15-14-20-10-6-4-7-11-20/h2*4-15,22-23H,16,18-19H2,1-3H3,(H,28,33)/b2*15-14+/t2*22?,23-/m11/s1. The van der Waals surface area contributed by atoms with Crippen molar-refractivity contribution >= 4 is 24.0 Å². The number of rotatable bonds is 20. The molecule has 2 aromatic heterocycles. The molecule has 2 N–H and O–H groups in total. The molecule has 2 amide bonds. The number of carbonyl (C=O) groups excluding carboxylic acids is 2.